The highest BCUT2D eigenvalue weighted by molar-refractivity contribution is 6.35. The molecule has 2 rings (SSSR count). The Kier molecular flexibility index (Phi) is 3.93. The van der Waals surface area contributed by atoms with E-state index < -0.39 is 0 Å². The monoisotopic (exact) mass is 288 g/mol. The van der Waals surface area contributed by atoms with Crippen LogP contribution in [0.3, 0.4) is 0 Å². The van der Waals surface area contributed by atoms with Gasteiger partial charge in [0, 0.05) is 21.5 Å². The van der Waals surface area contributed by atoms with Gasteiger partial charge in [0.25, 0.3) is 0 Å². The normalized spacial score (nSPS) is 10.6. The summed E-state index contributed by atoms with van der Waals surface area (Å²) >= 11 is 17.7. The van der Waals surface area contributed by atoms with Crippen LogP contribution in [0.25, 0.3) is 11.1 Å². The van der Waals surface area contributed by atoms with Crippen LogP contribution in [0.15, 0.2) is 36.4 Å². The fourth-order valence-electron chi connectivity index (χ4n) is 1.60. The lowest BCUT2D eigenvalue weighted by molar-refractivity contribution is 0.627. The van der Waals surface area contributed by atoms with Gasteiger partial charge in [0.15, 0.2) is 0 Å². The van der Waals surface area contributed by atoms with E-state index in [1.54, 1.807) is 24.3 Å². The summed E-state index contributed by atoms with van der Waals surface area (Å²) in [4.78, 5) is 0. The van der Waals surface area contributed by atoms with E-state index in [1.807, 2.05) is 0 Å². The molecule has 0 N–H and O–H groups in total. The number of benzene rings is 2. The van der Waals surface area contributed by atoms with Crippen LogP contribution in [0.4, 0.5) is 4.39 Å². The Morgan fingerprint density at radius 1 is 1.00 bits per heavy atom. The number of rotatable bonds is 2. The largest absolute Gasteiger partial charge is 0.207 e. The first-order valence-corrected chi connectivity index (χ1v) is 6.20. The van der Waals surface area contributed by atoms with Crippen molar-refractivity contribution in [2.24, 2.45) is 0 Å². The summed E-state index contributed by atoms with van der Waals surface area (Å²) in [5.41, 5.74) is 2.08. The maximum absolute atomic E-state index is 13.4. The van der Waals surface area contributed by atoms with E-state index in [9.17, 15) is 4.39 Å². The summed E-state index contributed by atoms with van der Waals surface area (Å²) in [5, 5.41) is 1.08. The Hall–Kier alpha value is -0.760. The van der Waals surface area contributed by atoms with Gasteiger partial charge in [-0.3, -0.25) is 0 Å². The highest BCUT2D eigenvalue weighted by atomic mass is 35.5. The Morgan fingerprint density at radius 2 is 1.76 bits per heavy atom. The molecule has 0 bridgehead atoms. The molecular formula is C13H8Cl3F. The number of hydrogen-bond donors (Lipinski definition) is 0. The summed E-state index contributed by atoms with van der Waals surface area (Å²) in [7, 11) is 0. The minimum absolute atomic E-state index is 0.253. The van der Waals surface area contributed by atoms with E-state index in [0.717, 1.165) is 0 Å². The van der Waals surface area contributed by atoms with Gasteiger partial charge in [-0.05, 0) is 47.5 Å². The van der Waals surface area contributed by atoms with Crippen LogP contribution in [0, 0.1) is 5.82 Å². The zero-order valence-electron chi connectivity index (χ0n) is 8.68. The lowest BCUT2D eigenvalue weighted by Gasteiger charge is -2.07. The Morgan fingerprint density at radius 3 is 2.47 bits per heavy atom. The van der Waals surface area contributed by atoms with Crippen molar-refractivity contribution < 1.29 is 4.39 Å². The molecule has 2 aromatic carbocycles. The number of hydrogen-bond acceptors (Lipinski definition) is 0. The van der Waals surface area contributed by atoms with Crippen LogP contribution in [-0.4, -0.2) is 0 Å². The van der Waals surface area contributed by atoms with Gasteiger partial charge in [-0.1, -0.05) is 23.2 Å². The molecule has 0 heterocycles. The van der Waals surface area contributed by atoms with Gasteiger partial charge in [-0.15, -0.1) is 11.6 Å². The predicted octanol–water partition coefficient (Wildman–Crippen LogP) is 5.54. The molecule has 0 aliphatic carbocycles. The molecule has 4 heteroatoms. The third-order valence-corrected chi connectivity index (χ3v) is 3.22. The first kappa shape index (κ1) is 12.7. The van der Waals surface area contributed by atoms with Crippen molar-refractivity contribution in [3.05, 3.63) is 57.8 Å². The number of halogens is 4. The Labute approximate surface area is 114 Å². The van der Waals surface area contributed by atoms with Gasteiger partial charge in [-0.25, -0.2) is 4.39 Å². The molecule has 0 fully saturated rings. The molecule has 0 saturated carbocycles. The summed E-state index contributed by atoms with van der Waals surface area (Å²) < 4.78 is 13.4. The molecule has 17 heavy (non-hydrogen) atoms. The minimum atomic E-state index is -0.339. The summed E-state index contributed by atoms with van der Waals surface area (Å²) in [5.74, 6) is -0.0858. The molecule has 0 radical (unpaired) electrons. The molecule has 0 nitrogen and oxygen atoms in total. The van der Waals surface area contributed by atoms with Gasteiger partial charge < -0.3 is 0 Å². The van der Waals surface area contributed by atoms with E-state index in [1.165, 1.54) is 12.1 Å². The summed E-state index contributed by atoms with van der Waals surface area (Å²) in [6.45, 7) is 0. The Balaban J connectivity index is 2.59. The molecule has 0 aromatic heterocycles. The molecule has 2 aromatic rings. The van der Waals surface area contributed by atoms with Gasteiger partial charge in [0.2, 0.25) is 0 Å². The van der Waals surface area contributed by atoms with Crippen LogP contribution in [0.1, 0.15) is 5.56 Å². The van der Waals surface area contributed by atoms with Crippen LogP contribution >= 0.6 is 34.8 Å². The second-order valence-electron chi connectivity index (χ2n) is 3.61. The molecule has 88 valence electrons. The van der Waals surface area contributed by atoms with Crippen molar-refractivity contribution >= 4 is 34.8 Å². The van der Waals surface area contributed by atoms with Crippen molar-refractivity contribution in [1.82, 2.24) is 0 Å². The molecule has 0 aliphatic rings. The van der Waals surface area contributed by atoms with Crippen LogP contribution in [-0.2, 0) is 5.88 Å². The maximum Gasteiger partial charge on any atom is 0.124 e. The summed E-state index contributed by atoms with van der Waals surface area (Å²) in [6, 6.07) is 9.69. The SMILES string of the molecule is Fc1cc(CCl)cc(-c2cc(Cl)ccc2Cl)c1. The maximum atomic E-state index is 13.4. The fourth-order valence-corrected chi connectivity index (χ4v) is 2.15. The van der Waals surface area contributed by atoms with Crippen molar-refractivity contribution in [2.45, 2.75) is 5.88 Å². The molecule has 0 saturated heterocycles. The van der Waals surface area contributed by atoms with Crippen LogP contribution in [0.2, 0.25) is 10.0 Å². The van der Waals surface area contributed by atoms with Gasteiger partial charge >= 0.3 is 0 Å². The predicted molar refractivity (Wildman–Crippen MR) is 71.4 cm³/mol. The van der Waals surface area contributed by atoms with E-state index in [2.05, 4.69) is 0 Å². The fraction of sp³-hybridized carbons (Fsp3) is 0.0769. The second kappa shape index (κ2) is 5.26. The quantitative estimate of drug-likeness (QED) is 0.637. The smallest absolute Gasteiger partial charge is 0.124 e. The van der Waals surface area contributed by atoms with E-state index >= 15 is 0 Å². The second-order valence-corrected chi connectivity index (χ2v) is 4.72. The Bertz CT molecular complexity index is 552. The van der Waals surface area contributed by atoms with E-state index in [-0.39, 0.29) is 11.7 Å². The molecule has 0 unspecified atom stereocenters. The zero-order valence-corrected chi connectivity index (χ0v) is 11.0. The van der Waals surface area contributed by atoms with E-state index in [0.29, 0.717) is 26.7 Å². The average molecular weight is 290 g/mol. The lowest BCUT2D eigenvalue weighted by atomic mass is 10.0. The van der Waals surface area contributed by atoms with Gasteiger partial charge in [-0.2, -0.15) is 0 Å². The molecule has 0 spiro atoms. The highest BCUT2D eigenvalue weighted by Crippen LogP contribution is 2.31. The van der Waals surface area contributed by atoms with E-state index in [4.69, 9.17) is 34.8 Å². The van der Waals surface area contributed by atoms with Crippen molar-refractivity contribution in [2.75, 3.05) is 0 Å². The zero-order chi connectivity index (χ0) is 12.4. The lowest BCUT2D eigenvalue weighted by Crippen LogP contribution is -1.86. The molecule has 0 atom stereocenters. The topological polar surface area (TPSA) is 0 Å². The first-order chi connectivity index (χ1) is 8.10. The highest BCUT2D eigenvalue weighted by Gasteiger charge is 2.07. The third kappa shape index (κ3) is 2.92. The third-order valence-electron chi connectivity index (χ3n) is 2.35. The van der Waals surface area contributed by atoms with Gasteiger partial charge in [0.05, 0.1) is 0 Å². The van der Waals surface area contributed by atoms with Crippen LogP contribution < -0.4 is 0 Å². The minimum Gasteiger partial charge on any atom is -0.207 e. The van der Waals surface area contributed by atoms with Crippen molar-refractivity contribution in [1.29, 1.82) is 0 Å². The summed E-state index contributed by atoms with van der Waals surface area (Å²) in [6.07, 6.45) is 0. The molecular weight excluding hydrogens is 282 g/mol. The molecule has 0 aliphatic heterocycles. The number of alkyl halides is 1. The van der Waals surface area contributed by atoms with Crippen molar-refractivity contribution in [3.8, 4) is 11.1 Å². The first-order valence-electron chi connectivity index (χ1n) is 4.91. The average Bonchev–Trinajstić information content (AvgIpc) is 2.31. The van der Waals surface area contributed by atoms with Gasteiger partial charge in [0.1, 0.15) is 5.82 Å². The molecule has 0 amide bonds. The van der Waals surface area contributed by atoms with Crippen LogP contribution in [0.5, 0.6) is 0 Å². The standard InChI is InChI=1S/C13H8Cl3F/c14-7-8-3-9(5-11(17)4-8)12-6-10(15)1-2-13(12)16/h1-6H,7H2. The van der Waals surface area contributed by atoms with Crippen molar-refractivity contribution in [3.63, 3.8) is 0 Å².